The molecule has 0 spiro atoms. The molecule has 36 heavy (non-hydrogen) atoms. The third kappa shape index (κ3) is 5.88. The van der Waals surface area contributed by atoms with E-state index in [0.29, 0.717) is 34.8 Å². The van der Waals surface area contributed by atoms with Gasteiger partial charge in [0.05, 0.1) is 25.5 Å². The smallest absolute Gasteiger partial charge is 0.343 e. The predicted molar refractivity (Wildman–Crippen MR) is 139 cm³/mol. The molecule has 7 nitrogen and oxygen atoms in total. The minimum atomic E-state index is -0.515. The van der Waals surface area contributed by atoms with E-state index in [0.717, 1.165) is 17.2 Å². The highest BCUT2D eigenvalue weighted by Crippen LogP contribution is 2.28. The number of hydrazone groups is 1. The van der Waals surface area contributed by atoms with Crippen molar-refractivity contribution in [1.82, 2.24) is 5.43 Å². The number of methoxy groups -OCH3 is 1. The summed E-state index contributed by atoms with van der Waals surface area (Å²) in [6.45, 7) is 2.64. The minimum Gasteiger partial charge on any atom is -0.494 e. The van der Waals surface area contributed by atoms with E-state index >= 15 is 0 Å². The first-order valence-electron chi connectivity index (χ1n) is 11.5. The maximum absolute atomic E-state index is 12.6. The second kappa shape index (κ2) is 11.7. The molecule has 0 saturated heterocycles. The fourth-order valence-corrected chi connectivity index (χ4v) is 3.56. The standard InChI is InChI=1S/C29H26N2O5/c1-3-17-35-23-14-12-22(13-15-23)29(33)36-26-16-11-20(18-27(26)34-2)19-30-31-28(32)25-10-6-8-21-7-4-5-9-24(21)25/h4-16,18-19H,3,17H2,1-2H3,(H,31,32). The van der Waals surface area contributed by atoms with Crippen LogP contribution < -0.4 is 19.6 Å². The highest BCUT2D eigenvalue weighted by molar-refractivity contribution is 6.07. The third-order valence-corrected chi connectivity index (χ3v) is 5.37. The summed E-state index contributed by atoms with van der Waals surface area (Å²) >= 11 is 0. The van der Waals surface area contributed by atoms with Gasteiger partial charge in [0.1, 0.15) is 5.75 Å². The molecule has 0 atom stereocenters. The molecule has 0 aromatic heterocycles. The number of ether oxygens (including phenoxy) is 3. The van der Waals surface area contributed by atoms with Gasteiger partial charge < -0.3 is 14.2 Å². The van der Waals surface area contributed by atoms with Crippen molar-refractivity contribution >= 4 is 28.9 Å². The number of hydrogen-bond donors (Lipinski definition) is 1. The van der Waals surface area contributed by atoms with Crippen molar-refractivity contribution in [2.45, 2.75) is 13.3 Å². The Morgan fingerprint density at radius 1 is 0.917 bits per heavy atom. The van der Waals surface area contributed by atoms with Gasteiger partial charge >= 0.3 is 5.97 Å². The van der Waals surface area contributed by atoms with Gasteiger partial charge in [-0.2, -0.15) is 5.10 Å². The number of rotatable bonds is 9. The van der Waals surface area contributed by atoms with Gasteiger partial charge in [0.15, 0.2) is 11.5 Å². The van der Waals surface area contributed by atoms with Crippen LogP contribution in [0.15, 0.2) is 90.0 Å². The molecule has 0 aliphatic rings. The summed E-state index contributed by atoms with van der Waals surface area (Å²) in [5, 5.41) is 5.90. The van der Waals surface area contributed by atoms with Crippen LogP contribution in [0.25, 0.3) is 10.8 Å². The average molecular weight is 483 g/mol. The molecule has 1 amide bonds. The number of amides is 1. The van der Waals surface area contributed by atoms with Crippen LogP contribution in [0.5, 0.6) is 17.2 Å². The van der Waals surface area contributed by atoms with Crippen LogP contribution in [-0.2, 0) is 0 Å². The molecule has 1 N–H and O–H groups in total. The van der Waals surface area contributed by atoms with Gasteiger partial charge in [0.2, 0.25) is 0 Å². The Labute approximate surface area is 209 Å². The molecule has 0 aliphatic carbocycles. The van der Waals surface area contributed by atoms with Crippen LogP contribution in [0.4, 0.5) is 0 Å². The fourth-order valence-electron chi connectivity index (χ4n) is 3.56. The van der Waals surface area contributed by atoms with E-state index in [1.165, 1.54) is 13.3 Å². The molecule has 4 rings (SSSR count). The molecule has 0 fully saturated rings. The highest BCUT2D eigenvalue weighted by Gasteiger charge is 2.13. The maximum Gasteiger partial charge on any atom is 0.343 e. The Morgan fingerprint density at radius 2 is 1.69 bits per heavy atom. The number of nitrogens with zero attached hydrogens (tertiary/aromatic N) is 1. The maximum atomic E-state index is 12.6. The zero-order valence-electron chi connectivity index (χ0n) is 20.1. The number of carbonyl (C=O) groups excluding carboxylic acids is 2. The molecular formula is C29H26N2O5. The largest absolute Gasteiger partial charge is 0.494 e. The van der Waals surface area contributed by atoms with Gasteiger partial charge in [-0.1, -0.05) is 43.3 Å². The number of nitrogens with one attached hydrogen (secondary N) is 1. The van der Waals surface area contributed by atoms with E-state index in [1.807, 2.05) is 43.3 Å². The summed E-state index contributed by atoms with van der Waals surface area (Å²) in [4.78, 5) is 25.2. The number of fused-ring (bicyclic) bond motifs is 1. The van der Waals surface area contributed by atoms with Gasteiger partial charge in [-0.3, -0.25) is 4.79 Å². The van der Waals surface area contributed by atoms with Crippen molar-refractivity contribution in [2.24, 2.45) is 5.10 Å². The lowest BCUT2D eigenvalue weighted by atomic mass is 10.0. The number of benzene rings is 4. The van der Waals surface area contributed by atoms with E-state index in [1.54, 1.807) is 48.5 Å². The summed E-state index contributed by atoms with van der Waals surface area (Å²) < 4.78 is 16.4. The van der Waals surface area contributed by atoms with Gasteiger partial charge in [-0.15, -0.1) is 0 Å². The monoisotopic (exact) mass is 482 g/mol. The predicted octanol–water partition coefficient (Wildman–Crippen LogP) is 5.62. The quantitative estimate of drug-likeness (QED) is 0.145. The van der Waals surface area contributed by atoms with Crippen LogP contribution in [0.3, 0.4) is 0 Å². The summed E-state index contributed by atoms with van der Waals surface area (Å²) in [7, 11) is 1.48. The molecule has 7 heteroatoms. The fraction of sp³-hybridized carbons (Fsp3) is 0.138. The van der Waals surface area contributed by atoms with Gasteiger partial charge in [0, 0.05) is 5.56 Å². The molecule has 0 heterocycles. The van der Waals surface area contributed by atoms with Crippen LogP contribution in [0, 0.1) is 0 Å². The summed E-state index contributed by atoms with van der Waals surface area (Å²) in [6, 6.07) is 25.0. The second-order valence-corrected chi connectivity index (χ2v) is 7.90. The second-order valence-electron chi connectivity index (χ2n) is 7.90. The Balaban J connectivity index is 1.41. The third-order valence-electron chi connectivity index (χ3n) is 5.37. The summed E-state index contributed by atoms with van der Waals surface area (Å²) in [5.41, 5.74) is 4.14. The molecule has 4 aromatic rings. The van der Waals surface area contributed by atoms with Gasteiger partial charge in [-0.25, -0.2) is 10.2 Å². The van der Waals surface area contributed by atoms with Gasteiger partial charge in [0.25, 0.3) is 5.91 Å². The van der Waals surface area contributed by atoms with Crippen molar-refractivity contribution < 1.29 is 23.8 Å². The zero-order valence-corrected chi connectivity index (χ0v) is 20.1. The Hall–Kier alpha value is -4.65. The normalized spacial score (nSPS) is 10.8. The van der Waals surface area contributed by atoms with Crippen molar-refractivity contribution in [3.05, 3.63) is 102 Å². The first-order chi connectivity index (χ1) is 17.6. The lowest BCUT2D eigenvalue weighted by molar-refractivity contribution is 0.0729. The number of hydrogen-bond acceptors (Lipinski definition) is 6. The zero-order chi connectivity index (χ0) is 25.3. The van der Waals surface area contributed by atoms with Crippen LogP contribution in [0.2, 0.25) is 0 Å². The van der Waals surface area contributed by atoms with Crippen LogP contribution in [-0.4, -0.2) is 31.8 Å². The lowest BCUT2D eigenvalue weighted by Crippen LogP contribution is -2.17. The van der Waals surface area contributed by atoms with Crippen molar-refractivity contribution in [1.29, 1.82) is 0 Å². The molecule has 0 bridgehead atoms. The summed E-state index contributed by atoms with van der Waals surface area (Å²) in [5.74, 6) is 0.495. The van der Waals surface area contributed by atoms with Crippen molar-refractivity contribution in [3.63, 3.8) is 0 Å². The summed E-state index contributed by atoms with van der Waals surface area (Å²) in [6.07, 6.45) is 2.40. The molecule has 182 valence electrons. The molecule has 0 saturated carbocycles. The SMILES string of the molecule is CCCOc1ccc(C(=O)Oc2ccc(C=NNC(=O)c3cccc4ccccc34)cc2OC)cc1. The molecule has 0 unspecified atom stereocenters. The Morgan fingerprint density at radius 3 is 2.47 bits per heavy atom. The van der Waals surface area contributed by atoms with E-state index in [9.17, 15) is 9.59 Å². The molecule has 0 radical (unpaired) electrons. The first-order valence-corrected chi connectivity index (χ1v) is 11.5. The first kappa shape index (κ1) is 24.5. The Bertz CT molecular complexity index is 1390. The van der Waals surface area contributed by atoms with Gasteiger partial charge in [-0.05, 0) is 71.3 Å². The van der Waals surface area contributed by atoms with Crippen LogP contribution in [0.1, 0.15) is 39.6 Å². The number of esters is 1. The van der Waals surface area contributed by atoms with E-state index in [-0.39, 0.29) is 11.7 Å². The number of carbonyl (C=O) groups is 2. The highest BCUT2D eigenvalue weighted by atomic mass is 16.6. The van der Waals surface area contributed by atoms with E-state index in [4.69, 9.17) is 14.2 Å². The molecule has 4 aromatic carbocycles. The Kier molecular flexibility index (Phi) is 7.93. The topological polar surface area (TPSA) is 86.2 Å². The minimum absolute atomic E-state index is 0.269. The lowest BCUT2D eigenvalue weighted by Gasteiger charge is -2.10. The van der Waals surface area contributed by atoms with E-state index < -0.39 is 5.97 Å². The van der Waals surface area contributed by atoms with E-state index in [2.05, 4.69) is 10.5 Å². The van der Waals surface area contributed by atoms with Crippen molar-refractivity contribution in [3.8, 4) is 17.2 Å². The average Bonchev–Trinajstić information content (AvgIpc) is 2.92. The van der Waals surface area contributed by atoms with Crippen LogP contribution >= 0.6 is 0 Å². The van der Waals surface area contributed by atoms with Crippen molar-refractivity contribution in [2.75, 3.05) is 13.7 Å². The molecule has 0 aliphatic heterocycles. The molecular weight excluding hydrogens is 456 g/mol.